The molecule has 1 rings (SSSR count). The molecule has 0 atom stereocenters. The topological polar surface area (TPSA) is 40.5 Å². The van der Waals surface area contributed by atoms with E-state index in [4.69, 9.17) is 5.11 Å². The highest BCUT2D eigenvalue weighted by Crippen LogP contribution is 2.09. The van der Waals surface area contributed by atoms with Crippen molar-refractivity contribution in [2.75, 3.05) is 13.2 Å². The van der Waals surface area contributed by atoms with Crippen molar-refractivity contribution in [3.8, 4) is 0 Å². The molecule has 0 aliphatic rings. The fourth-order valence-corrected chi connectivity index (χ4v) is 2.12. The first kappa shape index (κ1) is 12.2. The number of hydrogen-bond acceptors (Lipinski definition) is 3. The van der Waals surface area contributed by atoms with Crippen LogP contribution in [0.2, 0.25) is 0 Å². The van der Waals surface area contributed by atoms with Gasteiger partial charge in [0, 0.05) is 12.6 Å². The molecule has 1 amide bonds. The van der Waals surface area contributed by atoms with E-state index in [1.807, 2.05) is 30.7 Å². The summed E-state index contributed by atoms with van der Waals surface area (Å²) >= 11 is 1.59. The fourth-order valence-electron chi connectivity index (χ4n) is 1.45. The van der Waals surface area contributed by atoms with Crippen LogP contribution in [-0.4, -0.2) is 35.1 Å². The molecule has 1 N–H and O–H groups in total. The third kappa shape index (κ3) is 3.64. The Kier molecular flexibility index (Phi) is 4.78. The van der Waals surface area contributed by atoms with E-state index in [1.165, 1.54) is 0 Å². The van der Waals surface area contributed by atoms with Crippen molar-refractivity contribution in [1.29, 1.82) is 0 Å². The lowest BCUT2D eigenvalue weighted by Gasteiger charge is -2.25. The van der Waals surface area contributed by atoms with Crippen molar-refractivity contribution in [3.05, 3.63) is 22.4 Å². The number of aliphatic hydroxyl groups excluding tert-OH is 1. The van der Waals surface area contributed by atoms with Gasteiger partial charge in [-0.2, -0.15) is 11.3 Å². The van der Waals surface area contributed by atoms with Gasteiger partial charge in [-0.3, -0.25) is 4.79 Å². The normalized spacial score (nSPS) is 10.7. The molecule has 3 nitrogen and oxygen atoms in total. The minimum absolute atomic E-state index is 0.0214. The van der Waals surface area contributed by atoms with Gasteiger partial charge in [0.15, 0.2) is 0 Å². The molecule has 0 spiro atoms. The summed E-state index contributed by atoms with van der Waals surface area (Å²) in [6.45, 7) is 4.36. The highest BCUT2D eigenvalue weighted by Gasteiger charge is 2.16. The number of hydrogen-bond donors (Lipinski definition) is 1. The van der Waals surface area contributed by atoms with Gasteiger partial charge in [0.2, 0.25) is 5.91 Å². The summed E-state index contributed by atoms with van der Waals surface area (Å²) in [7, 11) is 0. The van der Waals surface area contributed by atoms with Crippen LogP contribution in [0, 0.1) is 0 Å². The van der Waals surface area contributed by atoms with E-state index in [0.717, 1.165) is 5.56 Å². The Hall–Kier alpha value is -0.870. The van der Waals surface area contributed by atoms with Gasteiger partial charge in [-0.15, -0.1) is 0 Å². The molecule has 4 heteroatoms. The molecular formula is C11H17NO2S. The second-order valence-corrected chi connectivity index (χ2v) is 4.49. The third-order valence-electron chi connectivity index (χ3n) is 2.22. The van der Waals surface area contributed by atoms with Gasteiger partial charge in [-0.05, 0) is 36.2 Å². The van der Waals surface area contributed by atoms with Crippen LogP contribution < -0.4 is 0 Å². The maximum atomic E-state index is 11.9. The van der Waals surface area contributed by atoms with E-state index in [2.05, 4.69) is 0 Å². The first-order valence-electron chi connectivity index (χ1n) is 5.06. The molecule has 0 bridgehead atoms. The van der Waals surface area contributed by atoms with Crippen LogP contribution in [0.5, 0.6) is 0 Å². The zero-order chi connectivity index (χ0) is 11.3. The van der Waals surface area contributed by atoms with Gasteiger partial charge in [0.05, 0.1) is 13.0 Å². The molecule has 84 valence electrons. The molecular weight excluding hydrogens is 210 g/mol. The number of nitrogens with zero attached hydrogens (tertiary/aromatic N) is 1. The van der Waals surface area contributed by atoms with Crippen LogP contribution in [0.4, 0.5) is 0 Å². The van der Waals surface area contributed by atoms with Crippen LogP contribution in [-0.2, 0) is 11.2 Å². The highest BCUT2D eigenvalue weighted by atomic mass is 32.1. The van der Waals surface area contributed by atoms with Crippen molar-refractivity contribution < 1.29 is 9.90 Å². The van der Waals surface area contributed by atoms with Gasteiger partial charge >= 0.3 is 0 Å². The first-order chi connectivity index (χ1) is 7.15. The lowest BCUT2D eigenvalue weighted by Crippen LogP contribution is -2.39. The Bertz CT molecular complexity index is 296. The van der Waals surface area contributed by atoms with Gasteiger partial charge < -0.3 is 10.0 Å². The average molecular weight is 227 g/mol. The molecule has 0 aromatic carbocycles. The van der Waals surface area contributed by atoms with E-state index in [9.17, 15) is 4.79 Å². The quantitative estimate of drug-likeness (QED) is 0.828. The largest absolute Gasteiger partial charge is 0.395 e. The molecule has 1 aromatic rings. The predicted octanol–water partition coefficient (Wildman–Crippen LogP) is 1.52. The zero-order valence-electron chi connectivity index (χ0n) is 9.14. The van der Waals surface area contributed by atoms with Gasteiger partial charge in [0.25, 0.3) is 0 Å². The summed E-state index contributed by atoms with van der Waals surface area (Å²) in [4.78, 5) is 13.6. The summed E-state index contributed by atoms with van der Waals surface area (Å²) in [6, 6.07) is 2.10. The minimum Gasteiger partial charge on any atom is -0.395 e. The number of thiophene rings is 1. The molecule has 0 aliphatic heterocycles. The molecule has 0 saturated heterocycles. The van der Waals surface area contributed by atoms with Gasteiger partial charge in [-0.25, -0.2) is 0 Å². The van der Waals surface area contributed by atoms with Crippen molar-refractivity contribution >= 4 is 17.2 Å². The van der Waals surface area contributed by atoms with Crippen molar-refractivity contribution in [2.45, 2.75) is 26.3 Å². The lowest BCUT2D eigenvalue weighted by molar-refractivity contribution is -0.132. The maximum absolute atomic E-state index is 11.9. The van der Waals surface area contributed by atoms with Gasteiger partial charge in [-0.1, -0.05) is 0 Å². The maximum Gasteiger partial charge on any atom is 0.227 e. The number of aliphatic hydroxyl groups is 1. The molecule has 0 aliphatic carbocycles. The summed E-state index contributed by atoms with van der Waals surface area (Å²) in [5.74, 6) is 0.0810. The summed E-state index contributed by atoms with van der Waals surface area (Å²) in [5, 5.41) is 12.8. The first-order valence-corrected chi connectivity index (χ1v) is 6.01. The van der Waals surface area contributed by atoms with Crippen LogP contribution in [0.3, 0.4) is 0 Å². The number of carbonyl (C=O) groups excluding carboxylic acids is 1. The standard InChI is InChI=1S/C11H17NO2S/c1-9(2)12(4-5-13)11(14)7-10-3-6-15-8-10/h3,6,8-9,13H,4-5,7H2,1-2H3. The molecule has 0 unspecified atom stereocenters. The van der Waals surface area contributed by atoms with Crippen LogP contribution >= 0.6 is 11.3 Å². The zero-order valence-corrected chi connectivity index (χ0v) is 9.96. The van der Waals surface area contributed by atoms with E-state index < -0.39 is 0 Å². The van der Waals surface area contributed by atoms with Crippen LogP contribution in [0.25, 0.3) is 0 Å². The fraction of sp³-hybridized carbons (Fsp3) is 0.545. The van der Waals surface area contributed by atoms with Crippen LogP contribution in [0.1, 0.15) is 19.4 Å². The Morgan fingerprint density at radius 3 is 2.80 bits per heavy atom. The second-order valence-electron chi connectivity index (χ2n) is 3.71. The smallest absolute Gasteiger partial charge is 0.227 e. The van der Waals surface area contributed by atoms with Crippen LogP contribution in [0.15, 0.2) is 16.8 Å². The monoisotopic (exact) mass is 227 g/mol. The lowest BCUT2D eigenvalue weighted by atomic mass is 10.2. The minimum atomic E-state index is 0.0214. The molecule has 0 fully saturated rings. The van der Waals surface area contributed by atoms with E-state index in [1.54, 1.807) is 16.2 Å². The van der Waals surface area contributed by atoms with E-state index >= 15 is 0 Å². The van der Waals surface area contributed by atoms with Gasteiger partial charge in [0.1, 0.15) is 0 Å². The molecule has 15 heavy (non-hydrogen) atoms. The number of rotatable bonds is 5. The Balaban J connectivity index is 2.56. The van der Waals surface area contributed by atoms with Crippen molar-refractivity contribution in [3.63, 3.8) is 0 Å². The Morgan fingerprint density at radius 1 is 1.60 bits per heavy atom. The summed E-state index contributed by atoms with van der Waals surface area (Å²) in [5.41, 5.74) is 1.05. The van der Waals surface area contributed by atoms with E-state index in [-0.39, 0.29) is 18.6 Å². The second kappa shape index (κ2) is 5.88. The summed E-state index contributed by atoms with van der Waals surface area (Å²) < 4.78 is 0. The highest BCUT2D eigenvalue weighted by molar-refractivity contribution is 7.07. The SMILES string of the molecule is CC(C)N(CCO)C(=O)Cc1ccsc1. The molecule has 0 saturated carbocycles. The Labute approximate surface area is 94.3 Å². The average Bonchev–Trinajstić information content (AvgIpc) is 2.65. The summed E-state index contributed by atoms with van der Waals surface area (Å²) in [6.07, 6.45) is 0.432. The van der Waals surface area contributed by atoms with Crippen molar-refractivity contribution in [1.82, 2.24) is 4.90 Å². The number of amides is 1. The third-order valence-corrected chi connectivity index (χ3v) is 2.95. The predicted molar refractivity (Wildman–Crippen MR) is 62.0 cm³/mol. The molecule has 1 heterocycles. The molecule has 1 aromatic heterocycles. The number of carbonyl (C=O) groups is 1. The Morgan fingerprint density at radius 2 is 2.33 bits per heavy atom. The van der Waals surface area contributed by atoms with E-state index in [0.29, 0.717) is 13.0 Å². The molecule has 0 radical (unpaired) electrons. The van der Waals surface area contributed by atoms with Crippen molar-refractivity contribution in [2.24, 2.45) is 0 Å².